The first-order valence-electron chi connectivity index (χ1n) is 28.5. The summed E-state index contributed by atoms with van der Waals surface area (Å²) in [5, 5.41) is 3.19. The molecule has 0 amide bonds. The van der Waals surface area contributed by atoms with Gasteiger partial charge in [-0.3, -0.25) is 4.57 Å². The summed E-state index contributed by atoms with van der Waals surface area (Å²) in [4.78, 5) is 5.45. The Hall–Kier alpha value is -8.25. The third-order valence-corrected chi connectivity index (χ3v) is 13.3. The highest BCUT2D eigenvalue weighted by molar-refractivity contribution is 7.25. The van der Waals surface area contributed by atoms with Crippen molar-refractivity contribution in [1.82, 2.24) is 18.7 Å². The largest absolute Gasteiger partial charge is 0.309 e. The lowest BCUT2D eigenvalue weighted by molar-refractivity contribution is 1.06. The average molecular weight is 849 g/mol. The maximum atomic E-state index is 9.53. The summed E-state index contributed by atoms with van der Waals surface area (Å²) in [7, 11) is 0. The van der Waals surface area contributed by atoms with E-state index in [1.807, 2.05) is 84.9 Å². The maximum absolute atomic E-state index is 9.53. The highest BCUT2D eigenvalue weighted by Crippen LogP contribution is 2.45. The Labute approximate surface area is 394 Å². The van der Waals surface area contributed by atoms with Crippen molar-refractivity contribution in [3.05, 3.63) is 218 Å². The summed E-state index contributed by atoms with van der Waals surface area (Å²) in [5.41, 5.74) is 3.40. The topological polar surface area (TPSA) is 27.7 Å². The second kappa shape index (κ2) is 13.6. The molecule has 0 unspecified atom stereocenters. The van der Waals surface area contributed by atoms with Crippen LogP contribution in [0.1, 0.15) is 21.9 Å². The van der Waals surface area contributed by atoms with Crippen molar-refractivity contribution in [2.75, 3.05) is 0 Å². The number of rotatable bonds is 5. The third kappa shape index (κ3) is 5.07. The Balaban J connectivity index is 1.23. The molecule has 14 rings (SSSR count). The average Bonchev–Trinajstić information content (AvgIpc) is 4.33. The van der Waals surface area contributed by atoms with Gasteiger partial charge in [-0.15, -0.1) is 11.3 Å². The standard InChI is InChI=1S/C59H36N4S/c1-8-24-49-40(16-1)41-17-2-9-25-50(41)61(49)38-35-48(60-58(36-38)63-53-28-12-5-20-44(53)45-21-6-13-29-54(45)63)59-39(37-32-33-47-46-22-7-14-31-56(46)64-57(47)34-37)23-15-30-55(59)62-51-26-10-3-18-42(51)43-19-4-11-27-52(43)62/h1-36H/i1D,2D,5D,6D,8D,9D,12D,13D,16D,17D,20D,21D,24D,25D,28D,29D. The summed E-state index contributed by atoms with van der Waals surface area (Å²) in [5.74, 6) is -0.174. The van der Waals surface area contributed by atoms with Crippen LogP contribution >= 0.6 is 11.3 Å². The molecule has 0 aliphatic rings. The van der Waals surface area contributed by atoms with Gasteiger partial charge in [0.25, 0.3) is 0 Å². The monoisotopic (exact) mass is 848 g/mol. The smallest absolute Gasteiger partial charge is 0.140 e. The van der Waals surface area contributed by atoms with Crippen molar-refractivity contribution in [3.63, 3.8) is 0 Å². The molecule has 0 spiro atoms. The number of para-hydroxylation sites is 6. The molecule has 0 aliphatic heterocycles. The Morgan fingerprint density at radius 1 is 0.391 bits per heavy atom. The van der Waals surface area contributed by atoms with E-state index < -0.39 is 96.7 Å². The Kier molecular flexibility index (Phi) is 4.95. The minimum Gasteiger partial charge on any atom is -0.309 e. The van der Waals surface area contributed by atoms with Crippen molar-refractivity contribution in [3.8, 4) is 39.6 Å². The summed E-state index contributed by atoms with van der Waals surface area (Å²) < 4.78 is 153. The molecule has 0 bridgehead atoms. The van der Waals surface area contributed by atoms with Gasteiger partial charge in [0.15, 0.2) is 0 Å². The van der Waals surface area contributed by atoms with Crippen LogP contribution in [0, 0.1) is 0 Å². The van der Waals surface area contributed by atoms with E-state index in [-0.39, 0.29) is 60.8 Å². The van der Waals surface area contributed by atoms with Crippen molar-refractivity contribution in [2.45, 2.75) is 0 Å². The minimum absolute atomic E-state index is 0.0136. The molecule has 0 fully saturated rings. The molecule has 0 saturated carbocycles. The van der Waals surface area contributed by atoms with Crippen molar-refractivity contribution in [2.24, 2.45) is 0 Å². The van der Waals surface area contributed by atoms with Crippen LogP contribution < -0.4 is 0 Å². The lowest BCUT2D eigenvalue weighted by Gasteiger charge is -2.20. The van der Waals surface area contributed by atoms with E-state index >= 15 is 0 Å². The van der Waals surface area contributed by atoms with Gasteiger partial charge in [0.1, 0.15) is 5.82 Å². The summed E-state index contributed by atoms with van der Waals surface area (Å²) in [6.45, 7) is 0. The van der Waals surface area contributed by atoms with E-state index in [1.165, 1.54) is 15.2 Å². The molecule has 5 aromatic heterocycles. The number of hydrogen-bond acceptors (Lipinski definition) is 2. The van der Waals surface area contributed by atoms with E-state index in [9.17, 15) is 11.0 Å². The van der Waals surface area contributed by atoms with Crippen molar-refractivity contribution in [1.29, 1.82) is 0 Å². The lowest BCUT2D eigenvalue weighted by Crippen LogP contribution is -2.05. The second-order valence-electron chi connectivity index (χ2n) is 15.5. The lowest BCUT2D eigenvalue weighted by atomic mass is 9.94. The highest BCUT2D eigenvalue weighted by atomic mass is 32.1. The second-order valence-corrected chi connectivity index (χ2v) is 16.6. The van der Waals surface area contributed by atoms with Gasteiger partial charge in [0, 0.05) is 64.1 Å². The zero-order chi connectivity index (χ0) is 55.8. The predicted octanol–water partition coefficient (Wildman–Crippen LogP) is 16.1. The summed E-state index contributed by atoms with van der Waals surface area (Å²) in [6.07, 6.45) is 0. The molecule has 9 aromatic carbocycles. The van der Waals surface area contributed by atoms with Gasteiger partial charge in [0.2, 0.25) is 0 Å². The molecule has 0 radical (unpaired) electrons. The molecule has 0 atom stereocenters. The molecular weight excluding hydrogens is 797 g/mol. The first-order valence-corrected chi connectivity index (χ1v) is 21.3. The van der Waals surface area contributed by atoms with Crippen LogP contribution in [0.5, 0.6) is 0 Å². The molecule has 298 valence electrons. The molecule has 0 N–H and O–H groups in total. The molecular formula is C59H36N4S. The fraction of sp³-hybridized carbons (Fsp3) is 0. The predicted molar refractivity (Wildman–Crippen MR) is 271 cm³/mol. The minimum atomic E-state index is -0.664. The van der Waals surface area contributed by atoms with Crippen LogP contribution in [0.4, 0.5) is 0 Å². The van der Waals surface area contributed by atoms with E-state index in [0.29, 0.717) is 16.8 Å². The molecule has 4 nitrogen and oxygen atoms in total. The Morgan fingerprint density at radius 2 is 0.922 bits per heavy atom. The number of nitrogens with zero attached hydrogens (tertiary/aromatic N) is 4. The molecule has 0 aliphatic carbocycles. The van der Waals surface area contributed by atoms with Gasteiger partial charge in [-0.1, -0.05) is 151 Å². The van der Waals surface area contributed by atoms with Crippen LogP contribution in [0.15, 0.2) is 218 Å². The van der Waals surface area contributed by atoms with Gasteiger partial charge in [-0.05, 0) is 71.7 Å². The number of fused-ring (bicyclic) bond motifs is 12. The van der Waals surface area contributed by atoms with Crippen LogP contribution in [0.3, 0.4) is 0 Å². The van der Waals surface area contributed by atoms with Crippen molar-refractivity contribution < 1.29 is 21.9 Å². The number of hydrogen-bond donors (Lipinski definition) is 0. The van der Waals surface area contributed by atoms with E-state index in [1.54, 1.807) is 17.4 Å². The molecule has 0 saturated heterocycles. The summed E-state index contributed by atoms with van der Waals surface area (Å²) >= 11 is 1.63. The zero-order valence-corrected chi connectivity index (χ0v) is 34.1. The van der Waals surface area contributed by atoms with E-state index in [2.05, 4.69) is 28.8 Å². The Morgan fingerprint density at radius 3 is 1.55 bits per heavy atom. The normalized spacial score (nSPS) is 15.6. The number of benzene rings is 9. The first kappa shape index (κ1) is 23.3. The van der Waals surface area contributed by atoms with Gasteiger partial charge in [-0.2, -0.15) is 0 Å². The molecule has 14 aromatic rings. The molecule has 5 heterocycles. The SMILES string of the molecule is [2H]c1c([2H])c([2H])c2c(c1[2H])c1c([2H])c([2H])c([2H])c([2H])c1n2-c1cc(-c2c(-c3ccc4c(c3)sc3ccccc34)cccc2-n2c3ccccc3c3ccccc32)nc(-n2c3c([2H])c([2H])c([2H])c([2H])c3c3c([2H])c([2H])c([2H])c([2H])c32)c1. The molecule has 64 heavy (non-hydrogen) atoms. The van der Waals surface area contributed by atoms with Gasteiger partial charge in [0.05, 0.1) is 72.1 Å². The van der Waals surface area contributed by atoms with Crippen LogP contribution in [0.2, 0.25) is 0 Å². The quantitative estimate of drug-likeness (QED) is 0.170. The van der Waals surface area contributed by atoms with E-state index in [4.69, 9.17) is 16.0 Å². The number of thiophene rings is 1. The van der Waals surface area contributed by atoms with Gasteiger partial charge < -0.3 is 9.13 Å². The van der Waals surface area contributed by atoms with Crippen LogP contribution in [-0.4, -0.2) is 18.7 Å². The third-order valence-electron chi connectivity index (χ3n) is 12.2. The van der Waals surface area contributed by atoms with Gasteiger partial charge in [-0.25, -0.2) is 4.98 Å². The fourth-order valence-corrected chi connectivity index (χ4v) is 10.7. The van der Waals surface area contributed by atoms with Crippen LogP contribution in [0.25, 0.3) is 125 Å². The first-order chi connectivity index (χ1) is 38.4. The van der Waals surface area contributed by atoms with E-state index in [0.717, 1.165) is 47.5 Å². The maximum Gasteiger partial charge on any atom is 0.140 e. The Bertz CT molecular complexity index is 4780. The highest BCUT2D eigenvalue weighted by Gasteiger charge is 2.24. The zero-order valence-electron chi connectivity index (χ0n) is 49.2. The number of pyridine rings is 1. The van der Waals surface area contributed by atoms with Gasteiger partial charge >= 0.3 is 0 Å². The van der Waals surface area contributed by atoms with Crippen molar-refractivity contribution >= 4 is 96.9 Å². The van der Waals surface area contributed by atoms with Crippen LogP contribution in [-0.2, 0) is 0 Å². The fourth-order valence-electron chi connectivity index (χ4n) is 9.51. The summed E-state index contributed by atoms with van der Waals surface area (Å²) in [6, 6.07) is 29.2. The molecule has 5 heteroatoms. The number of aromatic nitrogens is 4.